The highest BCUT2D eigenvalue weighted by Crippen LogP contribution is 2.40. The Kier molecular flexibility index (Phi) is 3.43. The van der Waals surface area contributed by atoms with Crippen LogP contribution in [0.4, 0.5) is 0 Å². The monoisotopic (exact) mass is 258 g/mol. The number of rotatable bonds is 5. The minimum absolute atomic E-state index is 0.402. The average molecular weight is 258 g/mol. The van der Waals surface area contributed by atoms with E-state index in [9.17, 15) is 0 Å². The van der Waals surface area contributed by atoms with Crippen LogP contribution in [0, 0.1) is 0 Å². The molecular formula is C15H18N2S. The van der Waals surface area contributed by atoms with E-state index in [1.165, 1.54) is 23.2 Å². The van der Waals surface area contributed by atoms with Crippen LogP contribution in [-0.2, 0) is 6.42 Å². The van der Waals surface area contributed by atoms with Crippen LogP contribution in [0.3, 0.4) is 0 Å². The number of nitrogens with one attached hydrogen (secondary N) is 1. The van der Waals surface area contributed by atoms with E-state index in [-0.39, 0.29) is 0 Å². The van der Waals surface area contributed by atoms with Gasteiger partial charge in [-0.2, -0.15) is 0 Å². The van der Waals surface area contributed by atoms with Crippen LogP contribution in [0.2, 0.25) is 0 Å². The Morgan fingerprint density at radius 3 is 3.06 bits per heavy atom. The Bertz CT molecular complexity index is 507. The van der Waals surface area contributed by atoms with Crippen molar-refractivity contribution in [3.63, 3.8) is 0 Å². The zero-order chi connectivity index (χ0) is 12.4. The zero-order valence-corrected chi connectivity index (χ0v) is 11.4. The molecule has 2 nitrogen and oxygen atoms in total. The van der Waals surface area contributed by atoms with Gasteiger partial charge in [0.25, 0.3) is 0 Å². The van der Waals surface area contributed by atoms with Gasteiger partial charge in [-0.1, -0.05) is 31.2 Å². The van der Waals surface area contributed by atoms with Gasteiger partial charge in [-0.05, 0) is 36.4 Å². The van der Waals surface area contributed by atoms with Gasteiger partial charge in [0.15, 0.2) is 0 Å². The Labute approximate surface area is 112 Å². The molecule has 1 heterocycles. The number of benzene rings is 1. The predicted molar refractivity (Wildman–Crippen MR) is 76.0 cm³/mol. The second-order valence-corrected chi connectivity index (χ2v) is 5.58. The molecule has 1 aliphatic rings. The van der Waals surface area contributed by atoms with Crippen molar-refractivity contribution < 1.29 is 0 Å². The van der Waals surface area contributed by atoms with E-state index < -0.39 is 0 Å². The first-order valence-electron chi connectivity index (χ1n) is 6.57. The van der Waals surface area contributed by atoms with E-state index in [2.05, 4.69) is 46.9 Å². The van der Waals surface area contributed by atoms with Crippen molar-refractivity contribution in [2.75, 3.05) is 6.54 Å². The molecule has 1 aliphatic carbocycles. The molecule has 1 aromatic heterocycles. The van der Waals surface area contributed by atoms with Gasteiger partial charge in [-0.15, -0.1) is 11.3 Å². The number of fused-ring (bicyclic) bond motifs is 1. The standard InChI is InChI=1S/C15H18N2S/c1-2-16-14(15-9-18-10-17-15)8-12-7-11-5-3-4-6-13(11)12/h3-6,9-10,12,14,16H,2,7-8H2,1H3. The van der Waals surface area contributed by atoms with Crippen molar-refractivity contribution >= 4 is 11.3 Å². The first-order valence-corrected chi connectivity index (χ1v) is 7.52. The van der Waals surface area contributed by atoms with Crippen molar-refractivity contribution in [1.82, 2.24) is 10.3 Å². The van der Waals surface area contributed by atoms with E-state index in [4.69, 9.17) is 0 Å². The van der Waals surface area contributed by atoms with Crippen LogP contribution in [-0.4, -0.2) is 11.5 Å². The second-order valence-electron chi connectivity index (χ2n) is 4.86. The Hall–Kier alpha value is -1.19. The summed E-state index contributed by atoms with van der Waals surface area (Å²) in [6.07, 6.45) is 2.39. The third-order valence-corrected chi connectivity index (χ3v) is 4.35. The highest BCUT2D eigenvalue weighted by atomic mass is 32.1. The average Bonchev–Trinajstić information content (AvgIpc) is 2.88. The number of hydrogen-bond acceptors (Lipinski definition) is 3. The van der Waals surface area contributed by atoms with Gasteiger partial charge in [0.2, 0.25) is 0 Å². The van der Waals surface area contributed by atoms with Crippen LogP contribution >= 0.6 is 11.3 Å². The molecule has 3 heteroatoms. The molecule has 0 spiro atoms. The summed E-state index contributed by atoms with van der Waals surface area (Å²) in [6.45, 7) is 3.16. The topological polar surface area (TPSA) is 24.9 Å². The van der Waals surface area contributed by atoms with Crippen molar-refractivity contribution in [2.24, 2.45) is 0 Å². The molecule has 2 unspecified atom stereocenters. The largest absolute Gasteiger partial charge is 0.309 e. The van der Waals surface area contributed by atoms with E-state index in [0.717, 1.165) is 13.0 Å². The smallest absolute Gasteiger partial charge is 0.0795 e. The summed E-state index contributed by atoms with van der Waals surface area (Å²) in [7, 11) is 0. The number of nitrogens with zero attached hydrogens (tertiary/aromatic N) is 1. The lowest BCUT2D eigenvalue weighted by molar-refractivity contribution is 0.430. The minimum Gasteiger partial charge on any atom is -0.309 e. The third-order valence-electron chi connectivity index (χ3n) is 3.74. The van der Waals surface area contributed by atoms with E-state index in [1.54, 1.807) is 11.3 Å². The van der Waals surface area contributed by atoms with Crippen molar-refractivity contribution in [2.45, 2.75) is 31.7 Å². The van der Waals surface area contributed by atoms with Gasteiger partial charge in [0, 0.05) is 5.38 Å². The summed E-state index contributed by atoms with van der Waals surface area (Å²) in [6, 6.07) is 9.21. The molecule has 18 heavy (non-hydrogen) atoms. The van der Waals surface area contributed by atoms with Crippen LogP contribution in [0.15, 0.2) is 35.2 Å². The van der Waals surface area contributed by atoms with Gasteiger partial charge in [0.1, 0.15) is 0 Å². The predicted octanol–water partition coefficient (Wildman–Crippen LogP) is 3.52. The molecule has 1 aromatic carbocycles. The first-order chi connectivity index (χ1) is 8.88. The molecule has 94 valence electrons. The van der Waals surface area contributed by atoms with Gasteiger partial charge in [-0.3, -0.25) is 0 Å². The second kappa shape index (κ2) is 5.21. The fourth-order valence-electron chi connectivity index (χ4n) is 2.81. The quantitative estimate of drug-likeness (QED) is 0.887. The SMILES string of the molecule is CCNC(CC1Cc2ccccc21)c1cscn1. The minimum atomic E-state index is 0.402. The van der Waals surface area contributed by atoms with E-state index in [0.29, 0.717) is 12.0 Å². The Morgan fingerprint density at radius 1 is 1.44 bits per heavy atom. The fourth-order valence-corrected chi connectivity index (χ4v) is 3.41. The lowest BCUT2D eigenvalue weighted by atomic mass is 9.74. The summed E-state index contributed by atoms with van der Waals surface area (Å²) < 4.78 is 0. The summed E-state index contributed by atoms with van der Waals surface area (Å²) >= 11 is 1.68. The van der Waals surface area contributed by atoms with Crippen molar-refractivity contribution in [3.05, 3.63) is 52.0 Å². The van der Waals surface area contributed by atoms with E-state index >= 15 is 0 Å². The summed E-state index contributed by atoms with van der Waals surface area (Å²) in [5, 5.41) is 5.72. The maximum Gasteiger partial charge on any atom is 0.0795 e. The molecule has 1 N–H and O–H groups in total. The van der Waals surface area contributed by atoms with Crippen LogP contribution in [0.1, 0.15) is 42.1 Å². The van der Waals surface area contributed by atoms with Crippen LogP contribution in [0.25, 0.3) is 0 Å². The van der Waals surface area contributed by atoms with E-state index in [1.807, 2.05) is 5.51 Å². The molecule has 2 atom stereocenters. The van der Waals surface area contributed by atoms with Gasteiger partial charge in [0.05, 0.1) is 17.2 Å². The molecule has 0 bridgehead atoms. The molecule has 0 radical (unpaired) electrons. The number of aromatic nitrogens is 1. The lowest BCUT2D eigenvalue weighted by Crippen LogP contribution is -2.27. The Morgan fingerprint density at radius 2 is 2.33 bits per heavy atom. The molecule has 0 saturated carbocycles. The van der Waals surface area contributed by atoms with Gasteiger partial charge >= 0.3 is 0 Å². The number of hydrogen-bond donors (Lipinski definition) is 1. The molecular weight excluding hydrogens is 240 g/mol. The lowest BCUT2D eigenvalue weighted by Gasteiger charge is -2.32. The highest BCUT2D eigenvalue weighted by molar-refractivity contribution is 7.07. The maximum absolute atomic E-state index is 4.46. The molecule has 3 rings (SSSR count). The van der Waals surface area contributed by atoms with Crippen molar-refractivity contribution in [1.29, 1.82) is 0 Å². The van der Waals surface area contributed by atoms with Gasteiger partial charge in [-0.25, -0.2) is 4.98 Å². The maximum atomic E-state index is 4.46. The number of thiazole rings is 1. The van der Waals surface area contributed by atoms with Crippen LogP contribution in [0.5, 0.6) is 0 Å². The van der Waals surface area contributed by atoms with Crippen molar-refractivity contribution in [3.8, 4) is 0 Å². The molecule has 0 saturated heterocycles. The molecule has 0 aliphatic heterocycles. The normalized spacial score (nSPS) is 19.1. The Balaban J connectivity index is 1.72. The summed E-state index contributed by atoms with van der Waals surface area (Å²) in [5.74, 6) is 0.701. The van der Waals surface area contributed by atoms with Crippen LogP contribution < -0.4 is 5.32 Å². The fraction of sp³-hybridized carbons (Fsp3) is 0.400. The highest BCUT2D eigenvalue weighted by Gasteiger charge is 2.28. The summed E-state index contributed by atoms with van der Waals surface area (Å²) in [5.41, 5.74) is 6.19. The zero-order valence-electron chi connectivity index (χ0n) is 10.6. The first kappa shape index (κ1) is 11.9. The molecule has 2 aromatic rings. The molecule has 0 amide bonds. The van der Waals surface area contributed by atoms with Gasteiger partial charge < -0.3 is 5.32 Å². The molecule has 0 fully saturated rings. The summed E-state index contributed by atoms with van der Waals surface area (Å²) in [4.78, 5) is 4.46. The third kappa shape index (κ3) is 2.20.